The number of morpholine rings is 1. The normalized spacial score (nSPS) is 21.3. The van der Waals surface area contributed by atoms with E-state index in [0.717, 1.165) is 24.0 Å². The number of ether oxygens (including phenoxy) is 1. The standard InChI is InChI=1S/C26H31N3O3/c1-25(2,31)22-10-8-21(9-11-22)24(30)29-15-12-26(13-16-29)19-28(17-14-27)18-23(32-26)20-6-4-3-5-7-20/h3-11,23,31H,12-13,15-19H2,1-2H3. The summed E-state index contributed by atoms with van der Waals surface area (Å²) in [6.07, 6.45) is 1.41. The Bertz CT molecular complexity index is 968. The van der Waals surface area contributed by atoms with Crippen LogP contribution in [-0.2, 0) is 10.3 Å². The lowest BCUT2D eigenvalue weighted by molar-refractivity contribution is -0.173. The lowest BCUT2D eigenvalue weighted by Crippen LogP contribution is -2.58. The zero-order valence-corrected chi connectivity index (χ0v) is 18.8. The Kier molecular flexibility index (Phi) is 6.34. The van der Waals surface area contributed by atoms with Gasteiger partial charge in [-0.3, -0.25) is 9.69 Å². The summed E-state index contributed by atoms with van der Waals surface area (Å²) in [5.41, 5.74) is 1.26. The molecule has 1 spiro atoms. The molecule has 0 aliphatic carbocycles. The molecule has 6 heteroatoms. The average Bonchev–Trinajstić information content (AvgIpc) is 2.79. The molecule has 32 heavy (non-hydrogen) atoms. The van der Waals surface area contributed by atoms with Gasteiger partial charge in [0.15, 0.2) is 0 Å². The maximum atomic E-state index is 13.1. The summed E-state index contributed by atoms with van der Waals surface area (Å²) in [6.45, 7) is 6.50. The highest BCUT2D eigenvalue weighted by molar-refractivity contribution is 5.94. The highest BCUT2D eigenvalue weighted by Crippen LogP contribution is 2.38. The number of carbonyl (C=O) groups excluding carboxylic acids is 1. The molecule has 168 valence electrons. The predicted molar refractivity (Wildman–Crippen MR) is 122 cm³/mol. The van der Waals surface area contributed by atoms with E-state index in [-0.39, 0.29) is 17.6 Å². The second-order valence-electron chi connectivity index (χ2n) is 9.46. The van der Waals surface area contributed by atoms with E-state index in [9.17, 15) is 15.2 Å². The largest absolute Gasteiger partial charge is 0.386 e. The molecule has 2 aliphatic heterocycles. The number of aliphatic hydroxyl groups is 1. The van der Waals surface area contributed by atoms with E-state index in [1.54, 1.807) is 26.0 Å². The van der Waals surface area contributed by atoms with Crippen molar-refractivity contribution in [2.24, 2.45) is 0 Å². The van der Waals surface area contributed by atoms with Crippen molar-refractivity contribution in [3.05, 3.63) is 71.3 Å². The smallest absolute Gasteiger partial charge is 0.253 e. The Morgan fingerprint density at radius 3 is 2.41 bits per heavy atom. The van der Waals surface area contributed by atoms with Gasteiger partial charge in [0.2, 0.25) is 0 Å². The number of benzene rings is 2. The summed E-state index contributed by atoms with van der Waals surface area (Å²) in [7, 11) is 0. The molecular formula is C26H31N3O3. The molecule has 1 unspecified atom stereocenters. The Morgan fingerprint density at radius 2 is 1.81 bits per heavy atom. The zero-order chi connectivity index (χ0) is 22.8. The number of piperidine rings is 1. The number of nitriles is 1. The molecule has 2 aromatic rings. The maximum absolute atomic E-state index is 13.1. The van der Waals surface area contributed by atoms with Crippen molar-refractivity contribution in [1.29, 1.82) is 5.26 Å². The third kappa shape index (κ3) is 4.86. The van der Waals surface area contributed by atoms with Gasteiger partial charge in [0.05, 0.1) is 29.9 Å². The second-order valence-corrected chi connectivity index (χ2v) is 9.46. The van der Waals surface area contributed by atoms with Crippen LogP contribution >= 0.6 is 0 Å². The van der Waals surface area contributed by atoms with Crippen molar-refractivity contribution in [3.8, 4) is 6.07 Å². The van der Waals surface area contributed by atoms with Gasteiger partial charge in [0.25, 0.3) is 5.91 Å². The summed E-state index contributed by atoms with van der Waals surface area (Å²) >= 11 is 0. The predicted octanol–water partition coefficient (Wildman–Crippen LogP) is 3.49. The van der Waals surface area contributed by atoms with Gasteiger partial charge in [-0.15, -0.1) is 0 Å². The zero-order valence-electron chi connectivity index (χ0n) is 18.8. The third-order valence-electron chi connectivity index (χ3n) is 6.59. The van der Waals surface area contributed by atoms with Crippen molar-refractivity contribution in [3.63, 3.8) is 0 Å². The first kappa shape index (κ1) is 22.5. The molecule has 0 bridgehead atoms. The molecule has 2 aromatic carbocycles. The number of amides is 1. The van der Waals surface area contributed by atoms with Crippen LogP contribution in [0.2, 0.25) is 0 Å². The summed E-state index contributed by atoms with van der Waals surface area (Å²) in [4.78, 5) is 17.1. The number of nitrogens with zero attached hydrogens (tertiary/aromatic N) is 3. The molecule has 1 amide bonds. The molecule has 2 aliphatic rings. The van der Waals surface area contributed by atoms with Gasteiger partial charge in [-0.1, -0.05) is 42.5 Å². The van der Waals surface area contributed by atoms with Crippen LogP contribution in [0.1, 0.15) is 54.3 Å². The van der Waals surface area contributed by atoms with Gasteiger partial charge in [-0.25, -0.2) is 0 Å². The minimum atomic E-state index is -0.929. The molecule has 1 N–H and O–H groups in total. The molecule has 0 aromatic heterocycles. The Morgan fingerprint density at radius 1 is 1.16 bits per heavy atom. The monoisotopic (exact) mass is 433 g/mol. The van der Waals surface area contributed by atoms with Gasteiger partial charge in [-0.05, 0) is 49.9 Å². The van der Waals surface area contributed by atoms with Gasteiger partial charge in [-0.2, -0.15) is 5.26 Å². The lowest BCUT2D eigenvalue weighted by atomic mass is 9.87. The van der Waals surface area contributed by atoms with E-state index < -0.39 is 5.60 Å². The maximum Gasteiger partial charge on any atom is 0.253 e. The number of likely N-dealkylation sites (tertiary alicyclic amines) is 1. The first-order valence-electron chi connectivity index (χ1n) is 11.2. The molecule has 2 fully saturated rings. The lowest BCUT2D eigenvalue weighted by Gasteiger charge is -2.49. The number of hydrogen-bond acceptors (Lipinski definition) is 5. The van der Waals surface area contributed by atoms with Crippen LogP contribution in [0, 0.1) is 11.3 Å². The van der Waals surface area contributed by atoms with Crippen LogP contribution in [0.3, 0.4) is 0 Å². The molecular weight excluding hydrogens is 402 g/mol. The highest BCUT2D eigenvalue weighted by Gasteiger charge is 2.44. The van der Waals surface area contributed by atoms with E-state index in [1.165, 1.54) is 0 Å². The summed E-state index contributed by atoms with van der Waals surface area (Å²) in [5, 5.41) is 19.4. The first-order chi connectivity index (χ1) is 15.3. The van der Waals surface area contributed by atoms with Crippen molar-refractivity contribution >= 4 is 5.91 Å². The Balaban J connectivity index is 1.45. The van der Waals surface area contributed by atoms with Crippen LogP contribution in [0.15, 0.2) is 54.6 Å². The van der Waals surface area contributed by atoms with Crippen LogP contribution in [0.5, 0.6) is 0 Å². The van der Waals surface area contributed by atoms with Gasteiger partial charge in [0.1, 0.15) is 0 Å². The first-order valence-corrected chi connectivity index (χ1v) is 11.2. The fourth-order valence-electron chi connectivity index (χ4n) is 4.74. The van der Waals surface area contributed by atoms with Crippen LogP contribution in [0.25, 0.3) is 0 Å². The molecule has 0 saturated carbocycles. The average molecular weight is 434 g/mol. The molecule has 0 radical (unpaired) electrons. The second kappa shape index (κ2) is 9.03. The quantitative estimate of drug-likeness (QED) is 0.747. The van der Waals surface area contributed by atoms with E-state index in [1.807, 2.05) is 35.2 Å². The van der Waals surface area contributed by atoms with Crippen molar-refractivity contribution in [1.82, 2.24) is 9.80 Å². The van der Waals surface area contributed by atoms with Gasteiger partial charge in [0, 0.05) is 31.7 Å². The number of hydrogen-bond donors (Lipinski definition) is 1. The number of carbonyl (C=O) groups is 1. The topological polar surface area (TPSA) is 76.8 Å². The minimum Gasteiger partial charge on any atom is -0.386 e. The van der Waals surface area contributed by atoms with E-state index in [4.69, 9.17) is 4.74 Å². The Labute approximate surface area is 190 Å². The third-order valence-corrected chi connectivity index (χ3v) is 6.59. The molecule has 6 nitrogen and oxygen atoms in total. The summed E-state index contributed by atoms with van der Waals surface area (Å²) < 4.78 is 6.65. The molecule has 2 heterocycles. The molecule has 1 atom stereocenters. The van der Waals surface area contributed by atoms with Crippen molar-refractivity contribution in [2.45, 2.75) is 44.0 Å². The van der Waals surface area contributed by atoms with E-state index in [0.29, 0.717) is 38.3 Å². The van der Waals surface area contributed by atoms with Gasteiger partial charge >= 0.3 is 0 Å². The highest BCUT2D eigenvalue weighted by atomic mass is 16.5. The van der Waals surface area contributed by atoms with Crippen molar-refractivity contribution < 1.29 is 14.6 Å². The van der Waals surface area contributed by atoms with Gasteiger partial charge < -0.3 is 14.7 Å². The SMILES string of the molecule is CC(C)(O)c1ccc(C(=O)N2CCC3(CC2)CN(CC#N)CC(c2ccccc2)O3)cc1. The van der Waals surface area contributed by atoms with Crippen LogP contribution in [-0.4, -0.2) is 59.1 Å². The minimum absolute atomic E-state index is 0.00597. The van der Waals surface area contributed by atoms with E-state index in [2.05, 4.69) is 23.1 Å². The number of rotatable bonds is 4. The Hall–Kier alpha value is -2.72. The summed E-state index contributed by atoms with van der Waals surface area (Å²) in [6, 6.07) is 19.7. The van der Waals surface area contributed by atoms with Crippen LogP contribution < -0.4 is 0 Å². The van der Waals surface area contributed by atoms with Crippen molar-refractivity contribution in [2.75, 3.05) is 32.7 Å². The van der Waals surface area contributed by atoms with E-state index >= 15 is 0 Å². The van der Waals surface area contributed by atoms with Crippen LogP contribution in [0.4, 0.5) is 0 Å². The summed E-state index contributed by atoms with van der Waals surface area (Å²) in [5.74, 6) is 0.00597. The fourth-order valence-corrected chi connectivity index (χ4v) is 4.74. The molecule has 2 saturated heterocycles. The fraction of sp³-hybridized carbons (Fsp3) is 0.462. The molecule has 4 rings (SSSR count).